The average Bonchev–Trinajstić information content (AvgIpc) is 3.12. The van der Waals surface area contributed by atoms with Gasteiger partial charge in [0.1, 0.15) is 11.2 Å². The van der Waals surface area contributed by atoms with Gasteiger partial charge in [-0.1, -0.05) is 11.6 Å². The molecule has 2 N–H and O–H groups in total. The lowest BCUT2D eigenvalue weighted by Crippen LogP contribution is -2.68. The molecule has 4 rings (SSSR count). The van der Waals surface area contributed by atoms with Crippen LogP contribution in [0.25, 0.3) is 10.9 Å². The molecule has 1 fully saturated rings. The highest BCUT2D eigenvalue weighted by atomic mass is 35.5. The zero-order valence-electron chi connectivity index (χ0n) is 17.7. The first-order chi connectivity index (χ1) is 15.5. The summed E-state index contributed by atoms with van der Waals surface area (Å²) in [5.41, 5.74) is -1.61. The monoisotopic (exact) mass is 484 g/mol. The SMILES string of the molecule is CC(C)NC(=O)N1CC(CNc2cc(C(F)(F)F)nc3ccc(Cl)cc23)(n2cc(F)cn2)C1. The van der Waals surface area contributed by atoms with E-state index >= 15 is 0 Å². The van der Waals surface area contributed by atoms with Crippen LogP contribution >= 0.6 is 11.6 Å². The molecule has 1 saturated heterocycles. The first-order valence-corrected chi connectivity index (χ1v) is 10.5. The number of aromatic nitrogens is 3. The van der Waals surface area contributed by atoms with Gasteiger partial charge in [0.15, 0.2) is 5.82 Å². The minimum absolute atomic E-state index is 0.0681. The van der Waals surface area contributed by atoms with Crippen LogP contribution in [0, 0.1) is 5.82 Å². The number of nitrogens with one attached hydrogen (secondary N) is 2. The number of hydrogen-bond acceptors (Lipinski definition) is 4. The maximum absolute atomic E-state index is 13.7. The van der Waals surface area contributed by atoms with E-state index in [2.05, 4.69) is 20.7 Å². The summed E-state index contributed by atoms with van der Waals surface area (Å²) in [5.74, 6) is -0.556. The number of urea groups is 1. The summed E-state index contributed by atoms with van der Waals surface area (Å²) in [6.07, 6.45) is -2.40. The van der Waals surface area contributed by atoms with Crippen LogP contribution in [-0.2, 0) is 11.7 Å². The summed E-state index contributed by atoms with van der Waals surface area (Å²) in [5, 5.41) is 10.6. The first kappa shape index (κ1) is 23.1. The van der Waals surface area contributed by atoms with Gasteiger partial charge in [-0.2, -0.15) is 18.3 Å². The molecule has 3 aromatic rings. The van der Waals surface area contributed by atoms with E-state index in [9.17, 15) is 22.4 Å². The highest BCUT2D eigenvalue weighted by Crippen LogP contribution is 2.35. The Bertz CT molecular complexity index is 1190. The molecular formula is C21H21ClF4N6O. The second-order valence-electron chi connectivity index (χ2n) is 8.36. The van der Waals surface area contributed by atoms with Crippen LogP contribution in [0.1, 0.15) is 19.5 Å². The number of fused-ring (bicyclic) bond motifs is 1. The van der Waals surface area contributed by atoms with Crippen LogP contribution in [0.5, 0.6) is 0 Å². The molecule has 176 valence electrons. The molecule has 1 aliphatic heterocycles. The van der Waals surface area contributed by atoms with Crippen molar-refractivity contribution in [3.8, 4) is 0 Å². The van der Waals surface area contributed by atoms with E-state index in [-0.39, 0.29) is 42.9 Å². The maximum Gasteiger partial charge on any atom is 0.433 e. The van der Waals surface area contributed by atoms with Crippen LogP contribution in [0.15, 0.2) is 36.7 Å². The summed E-state index contributed by atoms with van der Waals surface area (Å²) in [4.78, 5) is 17.6. The zero-order valence-corrected chi connectivity index (χ0v) is 18.5. The van der Waals surface area contributed by atoms with E-state index in [0.717, 1.165) is 12.3 Å². The molecular weight excluding hydrogens is 464 g/mol. The van der Waals surface area contributed by atoms with Crippen LogP contribution in [0.2, 0.25) is 5.02 Å². The number of halogens is 5. The van der Waals surface area contributed by atoms with E-state index < -0.39 is 23.2 Å². The van der Waals surface area contributed by atoms with Crippen LogP contribution in [-0.4, -0.2) is 51.4 Å². The summed E-state index contributed by atoms with van der Waals surface area (Å²) in [6, 6.07) is 4.97. The Hall–Kier alpha value is -3.08. The highest BCUT2D eigenvalue weighted by Gasteiger charge is 2.48. The molecule has 0 bridgehead atoms. The second-order valence-corrected chi connectivity index (χ2v) is 8.79. The van der Waals surface area contributed by atoms with Crippen molar-refractivity contribution in [1.29, 1.82) is 0 Å². The number of carbonyl (C=O) groups is 1. The van der Waals surface area contributed by atoms with Gasteiger partial charge in [0.2, 0.25) is 0 Å². The van der Waals surface area contributed by atoms with E-state index in [1.165, 1.54) is 34.0 Å². The molecule has 0 radical (unpaired) electrons. The molecule has 3 heterocycles. The molecule has 1 aliphatic rings. The predicted octanol–water partition coefficient (Wildman–Crippen LogP) is 4.48. The lowest BCUT2D eigenvalue weighted by Gasteiger charge is -2.50. The summed E-state index contributed by atoms with van der Waals surface area (Å²) in [7, 11) is 0. The summed E-state index contributed by atoms with van der Waals surface area (Å²) >= 11 is 6.06. The fraction of sp³-hybridized carbons (Fsp3) is 0.381. The Morgan fingerprint density at radius 2 is 2.00 bits per heavy atom. The number of alkyl halides is 3. The quantitative estimate of drug-likeness (QED) is 0.523. The Kier molecular flexibility index (Phi) is 5.85. The number of rotatable bonds is 5. The minimum Gasteiger partial charge on any atom is -0.382 e. The summed E-state index contributed by atoms with van der Waals surface area (Å²) in [6.45, 7) is 4.12. The number of carbonyl (C=O) groups excluding carboxylic acids is 1. The Balaban J connectivity index is 1.65. The molecule has 33 heavy (non-hydrogen) atoms. The summed E-state index contributed by atoms with van der Waals surface area (Å²) < 4.78 is 55.3. The minimum atomic E-state index is -4.64. The number of benzene rings is 1. The Morgan fingerprint density at radius 1 is 1.27 bits per heavy atom. The smallest absolute Gasteiger partial charge is 0.382 e. The van der Waals surface area contributed by atoms with Gasteiger partial charge in [-0.15, -0.1) is 0 Å². The number of amides is 2. The first-order valence-electron chi connectivity index (χ1n) is 10.1. The van der Waals surface area contributed by atoms with Crippen molar-refractivity contribution in [2.24, 2.45) is 0 Å². The van der Waals surface area contributed by atoms with Gasteiger partial charge in [0, 0.05) is 28.7 Å². The van der Waals surface area contributed by atoms with Gasteiger partial charge in [-0.05, 0) is 38.1 Å². The molecule has 0 unspecified atom stereocenters. The number of nitrogens with zero attached hydrogens (tertiary/aromatic N) is 4. The van der Waals surface area contributed by atoms with Crippen LogP contribution in [0.4, 0.5) is 28.0 Å². The molecule has 0 spiro atoms. The fourth-order valence-corrected chi connectivity index (χ4v) is 3.97. The Labute approximate surface area is 191 Å². The van der Waals surface area contributed by atoms with Gasteiger partial charge < -0.3 is 15.5 Å². The second kappa shape index (κ2) is 8.36. The molecule has 0 atom stereocenters. The van der Waals surface area contributed by atoms with Crippen molar-refractivity contribution >= 4 is 34.2 Å². The molecule has 2 amide bonds. The number of anilines is 1. The molecule has 0 saturated carbocycles. The lowest BCUT2D eigenvalue weighted by molar-refractivity contribution is -0.140. The van der Waals surface area contributed by atoms with Crippen molar-refractivity contribution in [2.45, 2.75) is 31.6 Å². The third-order valence-electron chi connectivity index (χ3n) is 5.38. The third kappa shape index (κ3) is 4.68. The van der Waals surface area contributed by atoms with E-state index in [0.29, 0.717) is 10.4 Å². The van der Waals surface area contributed by atoms with Crippen molar-refractivity contribution in [1.82, 2.24) is 25.0 Å². The van der Waals surface area contributed by atoms with E-state index in [1.807, 2.05) is 13.8 Å². The number of likely N-dealkylation sites (tertiary alicyclic amines) is 1. The Morgan fingerprint density at radius 3 is 2.61 bits per heavy atom. The third-order valence-corrected chi connectivity index (χ3v) is 5.61. The van der Waals surface area contributed by atoms with Crippen molar-refractivity contribution in [3.05, 3.63) is 53.2 Å². The number of pyridine rings is 1. The van der Waals surface area contributed by atoms with Gasteiger partial charge >= 0.3 is 12.2 Å². The van der Waals surface area contributed by atoms with E-state index in [4.69, 9.17) is 11.6 Å². The zero-order chi connectivity index (χ0) is 24.0. The highest BCUT2D eigenvalue weighted by molar-refractivity contribution is 6.31. The van der Waals surface area contributed by atoms with Crippen molar-refractivity contribution in [3.63, 3.8) is 0 Å². The number of hydrogen-bond donors (Lipinski definition) is 2. The van der Waals surface area contributed by atoms with Gasteiger partial charge in [0.25, 0.3) is 0 Å². The average molecular weight is 485 g/mol. The maximum atomic E-state index is 13.7. The van der Waals surface area contributed by atoms with Crippen LogP contribution < -0.4 is 10.6 Å². The van der Waals surface area contributed by atoms with Crippen molar-refractivity contribution in [2.75, 3.05) is 25.0 Å². The van der Waals surface area contributed by atoms with Gasteiger partial charge in [-0.3, -0.25) is 4.68 Å². The topological polar surface area (TPSA) is 75.1 Å². The van der Waals surface area contributed by atoms with Crippen molar-refractivity contribution < 1.29 is 22.4 Å². The van der Waals surface area contributed by atoms with E-state index in [1.54, 1.807) is 0 Å². The molecule has 12 heteroatoms. The molecule has 7 nitrogen and oxygen atoms in total. The van der Waals surface area contributed by atoms with Gasteiger partial charge in [0.05, 0.1) is 31.0 Å². The largest absolute Gasteiger partial charge is 0.433 e. The van der Waals surface area contributed by atoms with Crippen LogP contribution in [0.3, 0.4) is 0 Å². The normalized spacial score (nSPS) is 15.6. The molecule has 1 aromatic carbocycles. The standard InChI is InChI=1S/C21H21ClF4N6O/c1-12(2)29-19(33)31-10-20(11-31,32-8-14(23)7-28-32)9-27-17-6-18(21(24,25)26)30-16-4-3-13(22)5-15(16)17/h3-8,12H,9-11H2,1-2H3,(H,27,30)(H,29,33). The predicted molar refractivity (Wildman–Crippen MR) is 116 cm³/mol. The lowest BCUT2D eigenvalue weighted by atomic mass is 9.89. The molecule has 2 aromatic heterocycles. The molecule has 0 aliphatic carbocycles. The van der Waals surface area contributed by atoms with Gasteiger partial charge in [-0.25, -0.2) is 14.2 Å². The fourth-order valence-electron chi connectivity index (χ4n) is 3.79.